The summed E-state index contributed by atoms with van der Waals surface area (Å²) in [7, 11) is 0. The largest absolute Gasteiger partial charge is 0.380 e. The van der Waals surface area contributed by atoms with Gasteiger partial charge in [0.25, 0.3) is 0 Å². The molecule has 0 atom stereocenters. The van der Waals surface area contributed by atoms with Crippen LogP contribution in [0, 0.1) is 5.82 Å². The first kappa shape index (κ1) is 17.7. The molecule has 0 amide bonds. The number of aryl methyl sites for hydroxylation is 1. The van der Waals surface area contributed by atoms with Gasteiger partial charge in [0, 0.05) is 18.4 Å². The van der Waals surface area contributed by atoms with Crippen LogP contribution in [-0.2, 0) is 16.1 Å². The number of nitrogens with two attached hydrogens (primary N) is 1. The highest BCUT2D eigenvalue weighted by Crippen LogP contribution is 2.17. The van der Waals surface area contributed by atoms with Gasteiger partial charge < -0.3 is 15.1 Å². The molecule has 0 fully saturated rings. The molecule has 3 rings (SSSR count). The lowest BCUT2D eigenvalue weighted by Crippen LogP contribution is -2.13. The second kappa shape index (κ2) is 8.34. The average molecular weight is 374 g/mol. The molecule has 0 unspecified atom stereocenters. The number of nitrogens with zero attached hydrogens (tertiary/aromatic N) is 3. The highest BCUT2D eigenvalue weighted by Gasteiger charge is 2.11. The number of hydrogen-bond donors (Lipinski definition) is 1. The second-order valence-electron chi connectivity index (χ2n) is 5.29. The lowest BCUT2D eigenvalue weighted by molar-refractivity contribution is -0.143. The summed E-state index contributed by atoms with van der Waals surface area (Å²) in [6.45, 7) is 0. The van der Waals surface area contributed by atoms with Crippen molar-refractivity contribution in [3.8, 4) is 11.4 Å². The van der Waals surface area contributed by atoms with Gasteiger partial charge in [0.05, 0.1) is 4.88 Å². The Labute approximate surface area is 152 Å². The minimum atomic E-state index is -0.497. The van der Waals surface area contributed by atoms with Crippen molar-refractivity contribution >= 4 is 23.1 Å². The van der Waals surface area contributed by atoms with E-state index in [4.69, 9.17) is 15.1 Å². The molecular weight excluding hydrogens is 359 g/mol. The predicted octanol–water partition coefficient (Wildman–Crippen LogP) is 3.12. The van der Waals surface area contributed by atoms with Crippen LogP contribution in [0.25, 0.3) is 11.4 Å². The Morgan fingerprint density at radius 1 is 1.31 bits per heavy atom. The molecule has 0 aliphatic rings. The van der Waals surface area contributed by atoms with Crippen LogP contribution in [0.5, 0.6) is 0 Å². The maximum atomic E-state index is 12.9. The number of thiophene rings is 1. The van der Waals surface area contributed by atoms with Gasteiger partial charge in [-0.05, 0) is 42.1 Å². The predicted molar refractivity (Wildman–Crippen MR) is 93.8 cm³/mol. The summed E-state index contributed by atoms with van der Waals surface area (Å²) in [5.74, 6) is 0.0879. The fourth-order valence-electron chi connectivity index (χ4n) is 2.07. The van der Waals surface area contributed by atoms with Crippen molar-refractivity contribution in [2.24, 2.45) is 10.9 Å². The average Bonchev–Trinajstić information content (AvgIpc) is 3.32. The quantitative estimate of drug-likeness (QED) is 0.295. The van der Waals surface area contributed by atoms with Gasteiger partial charge in [-0.25, -0.2) is 9.18 Å². The Hall–Kier alpha value is -3.07. The van der Waals surface area contributed by atoms with E-state index >= 15 is 0 Å². The van der Waals surface area contributed by atoms with Crippen LogP contribution < -0.4 is 5.73 Å². The third-order valence-electron chi connectivity index (χ3n) is 3.36. The lowest BCUT2D eigenvalue weighted by Gasteiger charge is -1.98. The molecule has 1 aromatic carbocycles. The second-order valence-corrected chi connectivity index (χ2v) is 6.24. The number of oxime groups is 1. The highest BCUT2D eigenvalue weighted by molar-refractivity contribution is 7.12. The molecule has 0 aliphatic heterocycles. The van der Waals surface area contributed by atoms with E-state index in [1.807, 2.05) is 11.4 Å². The van der Waals surface area contributed by atoms with E-state index in [9.17, 15) is 9.18 Å². The molecule has 0 radical (unpaired) electrons. The first-order valence-corrected chi connectivity index (χ1v) is 8.65. The van der Waals surface area contributed by atoms with Crippen LogP contribution in [0.3, 0.4) is 0 Å². The molecule has 2 aromatic heterocycles. The summed E-state index contributed by atoms with van der Waals surface area (Å²) in [5, 5.41) is 9.31. The topological polar surface area (TPSA) is 104 Å². The van der Waals surface area contributed by atoms with Gasteiger partial charge in [0.1, 0.15) is 5.82 Å². The van der Waals surface area contributed by atoms with E-state index in [0.717, 1.165) is 4.88 Å². The van der Waals surface area contributed by atoms with E-state index < -0.39 is 5.97 Å². The van der Waals surface area contributed by atoms with Crippen molar-refractivity contribution in [1.82, 2.24) is 10.1 Å². The van der Waals surface area contributed by atoms with Crippen LogP contribution in [-0.4, -0.2) is 21.9 Å². The van der Waals surface area contributed by atoms with Crippen LogP contribution in [0.2, 0.25) is 0 Å². The van der Waals surface area contributed by atoms with E-state index in [2.05, 4.69) is 15.3 Å². The maximum Gasteiger partial charge on any atom is 0.335 e. The summed E-state index contributed by atoms with van der Waals surface area (Å²) in [6, 6.07) is 9.39. The number of amidine groups is 1. The van der Waals surface area contributed by atoms with Crippen molar-refractivity contribution in [3.63, 3.8) is 0 Å². The Morgan fingerprint density at radius 3 is 2.85 bits per heavy atom. The summed E-state index contributed by atoms with van der Waals surface area (Å²) < 4.78 is 18.0. The first-order chi connectivity index (χ1) is 12.6. The van der Waals surface area contributed by atoms with Gasteiger partial charge in [-0.1, -0.05) is 16.4 Å². The monoisotopic (exact) mass is 374 g/mol. The van der Waals surface area contributed by atoms with Gasteiger partial charge in [-0.15, -0.1) is 11.3 Å². The van der Waals surface area contributed by atoms with E-state index in [1.54, 1.807) is 18.2 Å². The molecular formula is C17H15FN4O3S. The zero-order valence-corrected chi connectivity index (χ0v) is 14.4. The molecule has 2 heterocycles. The lowest BCUT2D eigenvalue weighted by atomic mass is 10.2. The van der Waals surface area contributed by atoms with Crippen molar-refractivity contribution in [1.29, 1.82) is 0 Å². The SMILES string of the molecule is N/C(=N/OC(=O)CCCc1nc(-c2ccc(F)cc2)no1)c1cccs1. The molecule has 0 spiro atoms. The Kier molecular flexibility index (Phi) is 5.69. The molecule has 0 bridgehead atoms. The molecule has 0 saturated carbocycles. The molecule has 2 N–H and O–H groups in total. The summed E-state index contributed by atoms with van der Waals surface area (Å²) in [6.07, 6.45) is 1.00. The zero-order valence-electron chi connectivity index (χ0n) is 13.6. The Balaban J connectivity index is 1.45. The number of rotatable bonds is 7. The van der Waals surface area contributed by atoms with Crippen LogP contribution in [0.4, 0.5) is 4.39 Å². The van der Waals surface area contributed by atoms with Gasteiger partial charge in [0.15, 0.2) is 5.84 Å². The number of carbonyl (C=O) groups is 1. The molecule has 0 aliphatic carbocycles. The van der Waals surface area contributed by atoms with Crippen molar-refractivity contribution in [2.75, 3.05) is 0 Å². The molecule has 7 nitrogen and oxygen atoms in total. The number of halogens is 1. The Morgan fingerprint density at radius 2 is 2.12 bits per heavy atom. The third kappa shape index (κ3) is 4.73. The molecule has 9 heteroatoms. The standard InChI is InChI=1S/C17H15FN4O3S/c18-12-8-6-11(7-9-12)17-20-14(24-22-17)4-1-5-15(23)25-21-16(19)13-3-2-10-26-13/h2-3,6-10H,1,4-5H2,(H2,19,21). The minimum Gasteiger partial charge on any atom is -0.380 e. The summed E-state index contributed by atoms with van der Waals surface area (Å²) >= 11 is 1.40. The van der Waals surface area contributed by atoms with Gasteiger partial charge in [-0.3, -0.25) is 0 Å². The van der Waals surface area contributed by atoms with Crippen molar-refractivity contribution < 1.29 is 18.5 Å². The molecule has 26 heavy (non-hydrogen) atoms. The minimum absolute atomic E-state index is 0.134. The Bertz CT molecular complexity index is 891. The fraction of sp³-hybridized carbons (Fsp3) is 0.176. The van der Waals surface area contributed by atoms with E-state index in [1.165, 1.54) is 23.5 Å². The van der Waals surface area contributed by atoms with Crippen molar-refractivity contribution in [3.05, 3.63) is 58.4 Å². The van der Waals surface area contributed by atoms with E-state index in [0.29, 0.717) is 30.1 Å². The number of aromatic nitrogens is 2. The number of carbonyl (C=O) groups excluding carboxylic acids is 1. The molecule has 3 aromatic rings. The van der Waals surface area contributed by atoms with Crippen LogP contribution >= 0.6 is 11.3 Å². The van der Waals surface area contributed by atoms with Gasteiger partial charge >= 0.3 is 5.97 Å². The summed E-state index contributed by atoms with van der Waals surface area (Å²) in [4.78, 5) is 21.4. The summed E-state index contributed by atoms with van der Waals surface area (Å²) in [5.41, 5.74) is 6.35. The highest BCUT2D eigenvalue weighted by atomic mass is 32.1. The van der Waals surface area contributed by atoms with Gasteiger partial charge in [-0.2, -0.15) is 4.98 Å². The first-order valence-electron chi connectivity index (χ1n) is 7.77. The zero-order chi connectivity index (χ0) is 18.4. The smallest absolute Gasteiger partial charge is 0.335 e. The third-order valence-corrected chi connectivity index (χ3v) is 4.25. The number of hydrogen-bond acceptors (Lipinski definition) is 7. The van der Waals surface area contributed by atoms with E-state index in [-0.39, 0.29) is 18.1 Å². The molecule has 134 valence electrons. The number of benzene rings is 1. The normalized spacial score (nSPS) is 11.5. The maximum absolute atomic E-state index is 12.9. The van der Waals surface area contributed by atoms with Crippen LogP contribution in [0.1, 0.15) is 23.6 Å². The van der Waals surface area contributed by atoms with Crippen LogP contribution in [0.15, 0.2) is 51.5 Å². The van der Waals surface area contributed by atoms with Crippen molar-refractivity contribution in [2.45, 2.75) is 19.3 Å². The molecule has 0 saturated heterocycles. The van der Waals surface area contributed by atoms with Gasteiger partial charge in [0.2, 0.25) is 11.7 Å². The fourth-order valence-corrected chi connectivity index (χ4v) is 2.69.